The van der Waals surface area contributed by atoms with Gasteiger partial charge < -0.3 is 14.8 Å². The van der Waals surface area contributed by atoms with Gasteiger partial charge >= 0.3 is 0 Å². The molecule has 0 aliphatic rings. The summed E-state index contributed by atoms with van der Waals surface area (Å²) in [6, 6.07) is 21.0. The number of hydrogen-bond acceptors (Lipinski definition) is 3. The molecule has 3 aromatic rings. The van der Waals surface area contributed by atoms with E-state index in [1.54, 1.807) is 19.2 Å². The number of fused-ring (bicyclic) bond motifs is 1. The first-order valence-corrected chi connectivity index (χ1v) is 7.30. The molecule has 0 aliphatic carbocycles. The van der Waals surface area contributed by atoms with Gasteiger partial charge in [-0.2, -0.15) is 0 Å². The summed E-state index contributed by atoms with van der Waals surface area (Å²) in [5.74, 6) is 1.08. The zero-order valence-corrected chi connectivity index (χ0v) is 12.8. The summed E-state index contributed by atoms with van der Waals surface area (Å²) in [6.45, 7) is -0.0556. The van der Waals surface area contributed by atoms with Gasteiger partial charge in [-0.3, -0.25) is 4.79 Å². The predicted molar refractivity (Wildman–Crippen MR) is 91.1 cm³/mol. The lowest BCUT2D eigenvalue weighted by molar-refractivity contribution is -0.118. The van der Waals surface area contributed by atoms with Gasteiger partial charge in [0.05, 0.1) is 7.11 Å². The van der Waals surface area contributed by atoms with Crippen LogP contribution in [0.15, 0.2) is 66.7 Å². The Balaban J connectivity index is 1.61. The number of benzene rings is 3. The number of hydrogen-bond donors (Lipinski definition) is 1. The average Bonchev–Trinajstić information content (AvgIpc) is 2.60. The second-order valence-corrected chi connectivity index (χ2v) is 5.08. The van der Waals surface area contributed by atoms with Crippen LogP contribution < -0.4 is 14.8 Å². The van der Waals surface area contributed by atoms with E-state index in [2.05, 4.69) is 5.32 Å². The molecule has 0 spiro atoms. The third-order valence-corrected chi connectivity index (χ3v) is 3.44. The molecule has 0 atom stereocenters. The van der Waals surface area contributed by atoms with Gasteiger partial charge in [0.1, 0.15) is 11.5 Å². The number of amides is 1. The predicted octanol–water partition coefficient (Wildman–Crippen LogP) is 3.87. The van der Waals surface area contributed by atoms with Crippen LogP contribution in [0.4, 0.5) is 5.69 Å². The van der Waals surface area contributed by atoms with Crippen LogP contribution in [0.2, 0.25) is 0 Å². The van der Waals surface area contributed by atoms with Gasteiger partial charge in [0, 0.05) is 11.8 Å². The molecule has 0 aromatic heterocycles. The molecule has 0 saturated heterocycles. The monoisotopic (exact) mass is 307 g/mol. The van der Waals surface area contributed by atoms with Crippen molar-refractivity contribution in [1.29, 1.82) is 0 Å². The Morgan fingerprint density at radius 1 is 0.913 bits per heavy atom. The van der Waals surface area contributed by atoms with E-state index >= 15 is 0 Å². The Morgan fingerprint density at radius 3 is 2.52 bits per heavy atom. The molecule has 3 aromatic carbocycles. The zero-order chi connectivity index (χ0) is 16.1. The maximum absolute atomic E-state index is 12.0. The van der Waals surface area contributed by atoms with Gasteiger partial charge in [0.2, 0.25) is 0 Å². The molecule has 23 heavy (non-hydrogen) atoms. The van der Waals surface area contributed by atoms with E-state index in [1.165, 1.54) is 0 Å². The Bertz CT molecular complexity index is 829. The van der Waals surface area contributed by atoms with Crippen LogP contribution in [-0.4, -0.2) is 19.6 Å². The van der Waals surface area contributed by atoms with Crippen LogP contribution >= 0.6 is 0 Å². The van der Waals surface area contributed by atoms with Crippen molar-refractivity contribution in [2.45, 2.75) is 0 Å². The van der Waals surface area contributed by atoms with Crippen molar-refractivity contribution >= 4 is 22.4 Å². The van der Waals surface area contributed by atoms with E-state index in [4.69, 9.17) is 9.47 Å². The Kier molecular flexibility index (Phi) is 4.43. The lowest BCUT2D eigenvalue weighted by atomic mass is 10.1. The standard InChI is InChI=1S/C19H17NO3/c1-22-17-7-4-8-18(12-17)23-13-19(21)20-16-10-9-14-5-2-3-6-15(14)11-16/h2-12H,13H2,1H3,(H,20,21). The van der Waals surface area contributed by atoms with Gasteiger partial charge in [0.25, 0.3) is 5.91 Å². The molecule has 4 nitrogen and oxygen atoms in total. The lowest BCUT2D eigenvalue weighted by Gasteiger charge is -2.09. The van der Waals surface area contributed by atoms with Gasteiger partial charge in [-0.15, -0.1) is 0 Å². The highest BCUT2D eigenvalue weighted by molar-refractivity contribution is 5.95. The van der Waals surface area contributed by atoms with Crippen molar-refractivity contribution in [3.8, 4) is 11.5 Å². The van der Waals surface area contributed by atoms with E-state index in [9.17, 15) is 4.79 Å². The molecular weight excluding hydrogens is 290 g/mol. The fraction of sp³-hybridized carbons (Fsp3) is 0.105. The molecule has 116 valence electrons. The van der Waals surface area contributed by atoms with Crippen LogP contribution in [0.25, 0.3) is 10.8 Å². The molecule has 1 amide bonds. The van der Waals surface area contributed by atoms with Crippen LogP contribution in [-0.2, 0) is 4.79 Å². The van der Waals surface area contributed by atoms with E-state index in [1.807, 2.05) is 54.6 Å². The summed E-state index contributed by atoms with van der Waals surface area (Å²) in [7, 11) is 1.59. The second-order valence-electron chi connectivity index (χ2n) is 5.08. The highest BCUT2D eigenvalue weighted by atomic mass is 16.5. The quantitative estimate of drug-likeness (QED) is 0.778. The minimum atomic E-state index is -0.205. The van der Waals surface area contributed by atoms with Gasteiger partial charge in [-0.25, -0.2) is 0 Å². The van der Waals surface area contributed by atoms with Gasteiger partial charge in [0.15, 0.2) is 6.61 Å². The molecule has 0 aliphatic heterocycles. The molecule has 0 saturated carbocycles. The van der Waals surface area contributed by atoms with Crippen molar-refractivity contribution in [3.63, 3.8) is 0 Å². The smallest absolute Gasteiger partial charge is 0.262 e. The number of anilines is 1. The SMILES string of the molecule is COc1cccc(OCC(=O)Nc2ccc3ccccc3c2)c1. The Morgan fingerprint density at radius 2 is 1.70 bits per heavy atom. The fourth-order valence-electron chi connectivity index (χ4n) is 2.30. The van der Waals surface area contributed by atoms with Crippen molar-refractivity contribution in [2.24, 2.45) is 0 Å². The topological polar surface area (TPSA) is 47.6 Å². The summed E-state index contributed by atoms with van der Waals surface area (Å²) in [5, 5.41) is 5.06. The maximum Gasteiger partial charge on any atom is 0.262 e. The Hall–Kier alpha value is -3.01. The molecule has 1 N–H and O–H groups in total. The van der Waals surface area contributed by atoms with E-state index in [0.29, 0.717) is 11.5 Å². The summed E-state index contributed by atoms with van der Waals surface area (Å²) >= 11 is 0. The second kappa shape index (κ2) is 6.83. The van der Waals surface area contributed by atoms with Gasteiger partial charge in [-0.05, 0) is 35.0 Å². The minimum Gasteiger partial charge on any atom is -0.497 e. The fourth-order valence-corrected chi connectivity index (χ4v) is 2.30. The summed E-state index contributed by atoms with van der Waals surface area (Å²) in [5.41, 5.74) is 0.753. The van der Waals surface area contributed by atoms with Crippen LogP contribution in [0.1, 0.15) is 0 Å². The van der Waals surface area contributed by atoms with Crippen LogP contribution in [0, 0.1) is 0 Å². The van der Waals surface area contributed by atoms with Crippen molar-refractivity contribution in [2.75, 3.05) is 19.0 Å². The number of ether oxygens (including phenoxy) is 2. The largest absolute Gasteiger partial charge is 0.497 e. The first kappa shape index (κ1) is 14.9. The van der Waals surface area contributed by atoms with Gasteiger partial charge in [-0.1, -0.05) is 36.4 Å². The average molecular weight is 307 g/mol. The first-order chi connectivity index (χ1) is 11.2. The molecule has 0 heterocycles. The molecule has 0 unspecified atom stereocenters. The summed E-state index contributed by atoms with van der Waals surface area (Å²) in [4.78, 5) is 12.0. The third-order valence-electron chi connectivity index (χ3n) is 3.44. The first-order valence-electron chi connectivity index (χ1n) is 7.30. The number of rotatable bonds is 5. The molecule has 4 heteroatoms. The lowest BCUT2D eigenvalue weighted by Crippen LogP contribution is -2.20. The third kappa shape index (κ3) is 3.80. The highest BCUT2D eigenvalue weighted by Crippen LogP contribution is 2.20. The normalized spacial score (nSPS) is 10.3. The van der Waals surface area contributed by atoms with E-state index in [0.717, 1.165) is 16.5 Å². The number of carbonyl (C=O) groups excluding carboxylic acids is 1. The van der Waals surface area contributed by atoms with E-state index in [-0.39, 0.29) is 12.5 Å². The molecular formula is C19H17NO3. The summed E-state index contributed by atoms with van der Waals surface area (Å²) in [6.07, 6.45) is 0. The minimum absolute atomic E-state index is 0.0556. The molecule has 3 rings (SSSR count). The number of nitrogens with one attached hydrogen (secondary N) is 1. The van der Waals surface area contributed by atoms with Crippen molar-refractivity contribution in [1.82, 2.24) is 0 Å². The van der Waals surface area contributed by atoms with Crippen molar-refractivity contribution < 1.29 is 14.3 Å². The highest BCUT2D eigenvalue weighted by Gasteiger charge is 2.05. The van der Waals surface area contributed by atoms with E-state index < -0.39 is 0 Å². The van der Waals surface area contributed by atoms with Crippen LogP contribution in [0.5, 0.6) is 11.5 Å². The van der Waals surface area contributed by atoms with Crippen molar-refractivity contribution in [3.05, 3.63) is 66.7 Å². The van der Waals surface area contributed by atoms with Crippen LogP contribution in [0.3, 0.4) is 0 Å². The molecule has 0 radical (unpaired) electrons. The maximum atomic E-state index is 12.0. The zero-order valence-electron chi connectivity index (χ0n) is 12.8. The molecule has 0 bridgehead atoms. The summed E-state index contributed by atoms with van der Waals surface area (Å²) < 4.78 is 10.6. The Labute approximate surface area is 134 Å². The molecule has 0 fully saturated rings. The number of methoxy groups -OCH3 is 1. The number of carbonyl (C=O) groups is 1.